The molecule has 8 heteroatoms. The van der Waals surface area contributed by atoms with E-state index in [0.717, 1.165) is 11.4 Å². The molecular formula is C17H17F4N3O. The Balaban J connectivity index is 1.72. The maximum atomic E-state index is 14.1. The molecule has 0 saturated carbocycles. The lowest BCUT2D eigenvalue weighted by atomic mass is 10.2. The smallest absolute Gasteiger partial charge is 0.417 e. The highest BCUT2D eigenvalue weighted by Crippen LogP contribution is 2.32. The third-order valence-corrected chi connectivity index (χ3v) is 4.15. The molecule has 0 unspecified atom stereocenters. The number of ether oxygens (including phenoxy) is 1. The monoisotopic (exact) mass is 355 g/mol. The molecule has 1 aromatic heterocycles. The van der Waals surface area contributed by atoms with E-state index in [4.69, 9.17) is 4.74 Å². The molecule has 0 spiro atoms. The molecule has 0 aliphatic carbocycles. The van der Waals surface area contributed by atoms with Crippen LogP contribution in [0.4, 0.5) is 29.1 Å². The van der Waals surface area contributed by atoms with Gasteiger partial charge in [0.1, 0.15) is 5.75 Å². The van der Waals surface area contributed by atoms with Crippen LogP contribution in [0, 0.1) is 5.82 Å². The molecule has 4 nitrogen and oxygen atoms in total. The van der Waals surface area contributed by atoms with Crippen molar-refractivity contribution >= 4 is 11.5 Å². The third kappa shape index (κ3) is 3.62. The third-order valence-electron chi connectivity index (χ3n) is 4.15. The number of piperazine rings is 1. The van der Waals surface area contributed by atoms with Crippen molar-refractivity contribution in [2.24, 2.45) is 0 Å². The fourth-order valence-corrected chi connectivity index (χ4v) is 2.87. The molecule has 1 aromatic carbocycles. The largest absolute Gasteiger partial charge is 0.495 e. The van der Waals surface area contributed by atoms with E-state index in [1.54, 1.807) is 12.0 Å². The lowest BCUT2D eigenvalue weighted by Gasteiger charge is -2.37. The molecule has 25 heavy (non-hydrogen) atoms. The van der Waals surface area contributed by atoms with Gasteiger partial charge in [0.05, 0.1) is 18.4 Å². The fraction of sp³-hybridized carbons (Fsp3) is 0.353. The molecule has 0 atom stereocenters. The Morgan fingerprint density at radius 2 is 1.68 bits per heavy atom. The number of benzene rings is 1. The maximum Gasteiger partial charge on any atom is 0.417 e. The average Bonchev–Trinajstić information content (AvgIpc) is 2.61. The Morgan fingerprint density at radius 3 is 2.28 bits per heavy atom. The number of para-hydroxylation sites is 2. The minimum absolute atomic E-state index is 0.0484. The lowest BCUT2D eigenvalue weighted by molar-refractivity contribution is -0.138. The number of aromatic nitrogens is 1. The number of hydrogen-bond acceptors (Lipinski definition) is 4. The number of rotatable bonds is 3. The first-order chi connectivity index (χ1) is 11.9. The highest BCUT2D eigenvalue weighted by Gasteiger charge is 2.32. The molecule has 2 heterocycles. The van der Waals surface area contributed by atoms with Crippen LogP contribution in [0.15, 0.2) is 36.5 Å². The first kappa shape index (κ1) is 17.3. The van der Waals surface area contributed by atoms with Crippen LogP contribution in [-0.2, 0) is 6.18 Å². The standard InChI is InChI=1S/C17H17F4N3O/c1-25-15-5-3-2-4-14(15)23-6-8-24(9-7-23)16-13(18)10-12(11-22-16)17(19,20)21/h2-5,10-11H,6-9H2,1H3. The topological polar surface area (TPSA) is 28.6 Å². The Morgan fingerprint density at radius 1 is 1.04 bits per heavy atom. The zero-order valence-corrected chi connectivity index (χ0v) is 13.6. The molecule has 1 aliphatic rings. The predicted octanol–water partition coefficient (Wildman–Crippen LogP) is 3.57. The van der Waals surface area contributed by atoms with Crippen molar-refractivity contribution in [3.05, 3.63) is 47.9 Å². The fourth-order valence-electron chi connectivity index (χ4n) is 2.87. The Hall–Kier alpha value is -2.51. The summed E-state index contributed by atoms with van der Waals surface area (Å²) in [5, 5.41) is 0. The molecule has 1 aliphatic heterocycles. The molecule has 0 bridgehead atoms. The van der Waals surface area contributed by atoms with Crippen LogP contribution in [0.2, 0.25) is 0 Å². The Bertz CT molecular complexity index is 743. The van der Waals surface area contributed by atoms with Crippen molar-refractivity contribution in [2.45, 2.75) is 6.18 Å². The molecule has 1 saturated heterocycles. The van der Waals surface area contributed by atoms with E-state index >= 15 is 0 Å². The summed E-state index contributed by atoms with van der Waals surface area (Å²) in [6.45, 7) is 2.08. The molecule has 0 radical (unpaired) electrons. The van der Waals surface area contributed by atoms with Crippen molar-refractivity contribution < 1.29 is 22.3 Å². The highest BCUT2D eigenvalue weighted by molar-refractivity contribution is 5.59. The van der Waals surface area contributed by atoms with E-state index in [0.29, 0.717) is 38.4 Å². The van der Waals surface area contributed by atoms with Gasteiger partial charge in [-0.3, -0.25) is 0 Å². The first-order valence-electron chi connectivity index (χ1n) is 7.76. The molecule has 2 aromatic rings. The summed E-state index contributed by atoms with van der Waals surface area (Å²) in [5.74, 6) is -0.261. The van der Waals surface area contributed by atoms with E-state index in [1.807, 2.05) is 24.3 Å². The number of halogens is 4. The number of alkyl halides is 3. The van der Waals surface area contributed by atoms with E-state index in [9.17, 15) is 17.6 Å². The summed E-state index contributed by atoms with van der Waals surface area (Å²) >= 11 is 0. The van der Waals surface area contributed by atoms with Crippen molar-refractivity contribution in [2.75, 3.05) is 43.1 Å². The van der Waals surface area contributed by atoms with Gasteiger partial charge >= 0.3 is 6.18 Å². The zero-order chi connectivity index (χ0) is 18.0. The van der Waals surface area contributed by atoms with Crippen molar-refractivity contribution in [3.8, 4) is 5.75 Å². The van der Waals surface area contributed by atoms with E-state index in [1.165, 1.54) is 0 Å². The van der Waals surface area contributed by atoms with Gasteiger partial charge in [-0.25, -0.2) is 9.37 Å². The SMILES string of the molecule is COc1ccccc1N1CCN(c2ncc(C(F)(F)F)cc2F)CC1. The number of methoxy groups -OCH3 is 1. The van der Waals surface area contributed by atoms with Crippen molar-refractivity contribution in [3.63, 3.8) is 0 Å². The highest BCUT2D eigenvalue weighted by atomic mass is 19.4. The minimum atomic E-state index is -4.60. The summed E-state index contributed by atoms with van der Waals surface area (Å²) in [4.78, 5) is 7.44. The summed E-state index contributed by atoms with van der Waals surface area (Å²) < 4.78 is 57.2. The second kappa shape index (κ2) is 6.78. The molecule has 134 valence electrons. The van der Waals surface area contributed by atoms with Gasteiger partial charge in [0.25, 0.3) is 0 Å². The van der Waals surface area contributed by atoms with Crippen LogP contribution in [-0.4, -0.2) is 38.3 Å². The van der Waals surface area contributed by atoms with Gasteiger partial charge in [0.2, 0.25) is 0 Å². The average molecular weight is 355 g/mol. The van der Waals surface area contributed by atoms with Gasteiger partial charge < -0.3 is 14.5 Å². The summed E-state index contributed by atoms with van der Waals surface area (Å²) in [6.07, 6.45) is -3.93. The molecule has 1 fully saturated rings. The maximum absolute atomic E-state index is 14.1. The molecular weight excluding hydrogens is 338 g/mol. The van der Waals surface area contributed by atoms with Crippen LogP contribution in [0.25, 0.3) is 0 Å². The lowest BCUT2D eigenvalue weighted by Crippen LogP contribution is -2.47. The number of anilines is 2. The molecule has 0 amide bonds. The van der Waals surface area contributed by atoms with E-state index in [2.05, 4.69) is 9.88 Å². The van der Waals surface area contributed by atoms with Gasteiger partial charge in [-0.05, 0) is 18.2 Å². The molecule has 0 N–H and O–H groups in total. The summed E-state index contributed by atoms with van der Waals surface area (Å²) in [6, 6.07) is 8.07. The van der Waals surface area contributed by atoms with Gasteiger partial charge in [-0.15, -0.1) is 0 Å². The van der Waals surface area contributed by atoms with Crippen LogP contribution in [0.5, 0.6) is 5.75 Å². The number of hydrogen-bond donors (Lipinski definition) is 0. The summed E-state index contributed by atoms with van der Waals surface area (Å²) in [7, 11) is 1.59. The summed E-state index contributed by atoms with van der Waals surface area (Å²) in [5.41, 5.74) is -0.146. The van der Waals surface area contributed by atoms with E-state index in [-0.39, 0.29) is 5.82 Å². The van der Waals surface area contributed by atoms with Crippen molar-refractivity contribution in [1.82, 2.24) is 4.98 Å². The normalized spacial score (nSPS) is 15.4. The van der Waals surface area contributed by atoms with Crippen LogP contribution in [0.3, 0.4) is 0 Å². The second-order valence-corrected chi connectivity index (χ2v) is 5.67. The zero-order valence-electron chi connectivity index (χ0n) is 13.6. The predicted molar refractivity (Wildman–Crippen MR) is 86.6 cm³/mol. The Labute approximate surface area is 142 Å². The minimum Gasteiger partial charge on any atom is -0.495 e. The van der Waals surface area contributed by atoms with Crippen LogP contribution >= 0.6 is 0 Å². The van der Waals surface area contributed by atoms with Crippen LogP contribution in [0.1, 0.15) is 5.56 Å². The molecule has 3 rings (SSSR count). The number of pyridine rings is 1. The first-order valence-corrected chi connectivity index (χ1v) is 7.76. The van der Waals surface area contributed by atoms with Crippen LogP contribution < -0.4 is 14.5 Å². The number of nitrogens with zero attached hydrogens (tertiary/aromatic N) is 3. The van der Waals surface area contributed by atoms with Gasteiger partial charge in [0, 0.05) is 32.4 Å². The van der Waals surface area contributed by atoms with Gasteiger partial charge in [0.15, 0.2) is 11.6 Å². The van der Waals surface area contributed by atoms with E-state index < -0.39 is 17.6 Å². The quantitative estimate of drug-likeness (QED) is 0.787. The van der Waals surface area contributed by atoms with Gasteiger partial charge in [-0.1, -0.05) is 12.1 Å². The van der Waals surface area contributed by atoms with Crippen molar-refractivity contribution in [1.29, 1.82) is 0 Å². The second-order valence-electron chi connectivity index (χ2n) is 5.67. The Kier molecular flexibility index (Phi) is 4.69. The van der Waals surface area contributed by atoms with Gasteiger partial charge in [-0.2, -0.15) is 13.2 Å².